The highest BCUT2D eigenvalue weighted by Gasteiger charge is 2.52. The Morgan fingerprint density at radius 1 is 0.875 bits per heavy atom. The van der Waals surface area contributed by atoms with E-state index in [1.54, 1.807) is 6.08 Å². The molecule has 7 nitrogen and oxygen atoms in total. The number of esters is 2. The first-order valence-corrected chi connectivity index (χ1v) is 28.8. The van der Waals surface area contributed by atoms with E-state index in [0.29, 0.717) is 48.7 Å². The molecule has 5 atom stereocenters. The maximum Gasteiger partial charge on any atom is 0.330 e. The molecule has 352 valence electrons. The molecule has 0 fully saturated rings. The molecule has 0 aromatic heterocycles. The van der Waals surface area contributed by atoms with Gasteiger partial charge in [-0.05, 0) is 82.1 Å². The van der Waals surface area contributed by atoms with Gasteiger partial charge in [-0.1, -0.05) is 212 Å². The minimum atomic E-state index is -3.01. The molecule has 0 aliphatic carbocycles. The Balaban J connectivity index is 2.29. The molecule has 0 saturated heterocycles. The fourth-order valence-corrected chi connectivity index (χ4v) is 20.3. The second-order valence-electron chi connectivity index (χ2n) is 19.4. The van der Waals surface area contributed by atoms with Crippen LogP contribution in [-0.2, 0) is 27.9 Å². The summed E-state index contributed by atoms with van der Waals surface area (Å²) in [7, 11) is -5.52. The molecule has 3 rings (SSSR count). The molecule has 2 N–H and O–H groups in total. The van der Waals surface area contributed by atoms with E-state index in [1.807, 2.05) is 16.2 Å². The van der Waals surface area contributed by atoms with Gasteiger partial charge in [-0.3, -0.25) is 4.79 Å². The van der Waals surface area contributed by atoms with Crippen LogP contribution < -0.4 is 16.1 Å². The lowest BCUT2D eigenvalue weighted by Gasteiger charge is -2.46. The molecule has 0 spiro atoms. The van der Waals surface area contributed by atoms with E-state index in [2.05, 4.69) is 203 Å². The predicted molar refractivity (Wildman–Crippen MR) is 282 cm³/mol. The van der Waals surface area contributed by atoms with Gasteiger partial charge in [0.05, 0.1) is 12.6 Å². The fourth-order valence-electron chi connectivity index (χ4n) is 9.53. The first kappa shape index (κ1) is 55.2. The van der Waals surface area contributed by atoms with Gasteiger partial charge >= 0.3 is 11.9 Å². The lowest BCUT2D eigenvalue weighted by atomic mass is 9.95. The Labute approximate surface area is 403 Å². The minimum absolute atomic E-state index is 0.00517. The van der Waals surface area contributed by atoms with Crippen molar-refractivity contribution in [2.45, 2.75) is 168 Å². The molecule has 0 saturated carbocycles. The van der Waals surface area contributed by atoms with Gasteiger partial charge in [-0.2, -0.15) is 0 Å². The largest absolute Gasteiger partial charge is 0.458 e. The molecule has 0 bridgehead atoms. The number of cyclic esters (lactones) is 1. The van der Waals surface area contributed by atoms with E-state index in [-0.39, 0.29) is 35.7 Å². The molecule has 64 heavy (non-hydrogen) atoms. The SMILES string of the molecule is C/C1=C/C=C/CC[C@H](OC(=O)CN)C(O[Si](C(C)C)(C(C)C)C(C)C)C=C[C@@H](O[Si](c2ccccc2)(c2ccccc2)C(C)(C)C)CCC/C=C/C(=O)O[C@@H]([C@H](C)/C=C(C)/C=C/I)C1. The number of benzene rings is 2. The second kappa shape index (κ2) is 26.9. The van der Waals surface area contributed by atoms with Crippen molar-refractivity contribution in [3.05, 3.63) is 131 Å². The molecular formula is C54H80INO6Si2. The van der Waals surface area contributed by atoms with Crippen LogP contribution in [0, 0.1) is 5.92 Å². The number of carbonyl (C=O) groups excluding carboxylic acids is 2. The van der Waals surface area contributed by atoms with Crippen molar-refractivity contribution in [3.63, 3.8) is 0 Å². The number of ether oxygens (including phenoxy) is 2. The average Bonchev–Trinajstić information content (AvgIpc) is 3.23. The van der Waals surface area contributed by atoms with E-state index >= 15 is 0 Å². The van der Waals surface area contributed by atoms with Gasteiger partial charge in [0, 0.05) is 18.4 Å². The zero-order chi connectivity index (χ0) is 47.5. The maximum absolute atomic E-state index is 13.4. The Hall–Kier alpha value is -3.14. The highest BCUT2D eigenvalue weighted by Crippen LogP contribution is 2.44. The smallest absolute Gasteiger partial charge is 0.330 e. The van der Waals surface area contributed by atoms with Crippen LogP contribution in [-0.4, -0.2) is 59.5 Å². The van der Waals surface area contributed by atoms with Crippen molar-refractivity contribution in [1.82, 2.24) is 0 Å². The second-order valence-corrected chi connectivity index (χ2v) is 29.8. The summed E-state index contributed by atoms with van der Waals surface area (Å²) >= 11 is 2.22. The Bertz CT molecular complexity index is 1850. The van der Waals surface area contributed by atoms with Gasteiger partial charge < -0.3 is 24.1 Å². The lowest BCUT2D eigenvalue weighted by molar-refractivity contribution is -0.151. The van der Waals surface area contributed by atoms with Crippen LogP contribution in [0.25, 0.3) is 0 Å². The first-order chi connectivity index (χ1) is 30.3. The average molecular weight is 1020 g/mol. The predicted octanol–water partition coefficient (Wildman–Crippen LogP) is 12.8. The highest BCUT2D eigenvalue weighted by atomic mass is 127. The van der Waals surface area contributed by atoms with E-state index in [1.165, 1.54) is 10.4 Å². The topological polar surface area (TPSA) is 97.1 Å². The summed E-state index contributed by atoms with van der Waals surface area (Å²) in [5, 5.41) is 2.13. The Morgan fingerprint density at radius 2 is 1.47 bits per heavy atom. The zero-order valence-electron chi connectivity index (χ0n) is 41.0. The minimum Gasteiger partial charge on any atom is -0.458 e. The third-order valence-corrected chi connectivity index (χ3v) is 24.1. The molecule has 1 unspecified atom stereocenters. The van der Waals surface area contributed by atoms with E-state index in [4.69, 9.17) is 24.1 Å². The number of hydrogen-bond donors (Lipinski definition) is 1. The van der Waals surface area contributed by atoms with Crippen molar-refractivity contribution in [2.75, 3.05) is 6.54 Å². The van der Waals surface area contributed by atoms with Crippen LogP contribution in [0.3, 0.4) is 0 Å². The highest BCUT2D eigenvalue weighted by molar-refractivity contribution is 14.1. The van der Waals surface area contributed by atoms with E-state index in [9.17, 15) is 9.59 Å². The fraction of sp³-hybridized carbons (Fsp3) is 0.519. The molecule has 1 aliphatic rings. The number of halogens is 1. The Kier molecular flexibility index (Phi) is 23.2. The van der Waals surface area contributed by atoms with Gasteiger partial charge in [0.1, 0.15) is 18.3 Å². The quantitative estimate of drug-likeness (QED) is 0.0662. The third-order valence-electron chi connectivity index (χ3n) is 12.6. The van der Waals surface area contributed by atoms with Gasteiger partial charge in [-0.25, -0.2) is 4.79 Å². The van der Waals surface area contributed by atoms with Crippen molar-refractivity contribution in [3.8, 4) is 0 Å². The molecule has 2 aromatic carbocycles. The van der Waals surface area contributed by atoms with Crippen molar-refractivity contribution >= 4 is 61.5 Å². The number of carbonyl (C=O) groups is 2. The van der Waals surface area contributed by atoms with Gasteiger partial charge in [0.2, 0.25) is 8.32 Å². The summed E-state index contributed by atoms with van der Waals surface area (Å²) in [5.74, 6) is -0.794. The molecule has 1 aliphatic heterocycles. The van der Waals surface area contributed by atoms with Gasteiger partial charge in [0.15, 0.2) is 0 Å². The Morgan fingerprint density at radius 3 is 2.00 bits per heavy atom. The number of rotatable bonds is 14. The molecule has 0 radical (unpaired) electrons. The third kappa shape index (κ3) is 15.8. The molecule has 2 aromatic rings. The van der Waals surface area contributed by atoms with Crippen LogP contribution in [0.4, 0.5) is 0 Å². The zero-order valence-corrected chi connectivity index (χ0v) is 45.2. The monoisotopic (exact) mass is 1020 g/mol. The molecule has 0 amide bonds. The van der Waals surface area contributed by atoms with Gasteiger partial charge in [-0.15, -0.1) is 0 Å². The van der Waals surface area contributed by atoms with Crippen molar-refractivity contribution < 1.29 is 27.9 Å². The van der Waals surface area contributed by atoms with E-state index < -0.39 is 34.8 Å². The lowest BCUT2D eigenvalue weighted by Crippen LogP contribution is -2.67. The first-order valence-electron chi connectivity index (χ1n) is 23.5. The normalized spacial score (nSPS) is 23.1. The summed E-state index contributed by atoms with van der Waals surface area (Å²) in [6, 6.07) is 21.4. The summed E-state index contributed by atoms with van der Waals surface area (Å²) in [4.78, 5) is 26.6. The van der Waals surface area contributed by atoms with Crippen LogP contribution in [0.5, 0.6) is 0 Å². The summed E-state index contributed by atoms with van der Waals surface area (Å²) in [6.45, 7) is 26.6. The van der Waals surface area contributed by atoms with Crippen molar-refractivity contribution in [2.24, 2.45) is 11.7 Å². The summed E-state index contributed by atoms with van der Waals surface area (Å²) < 4.78 is 29.8. The molecular weight excluding hydrogens is 942 g/mol. The molecule has 10 heteroatoms. The number of hydrogen-bond acceptors (Lipinski definition) is 7. The van der Waals surface area contributed by atoms with Crippen LogP contribution in [0.1, 0.15) is 122 Å². The van der Waals surface area contributed by atoms with E-state index in [0.717, 1.165) is 17.6 Å². The van der Waals surface area contributed by atoms with Crippen LogP contribution >= 0.6 is 22.6 Å². The maximum atomic E-state index is 13.4. The van der Waals surface area contributed by atoms with Gasteiger partial charge in [0.25, 0.3) is 8.32 Å². The molecule has 1 heterocycles. The summed E-state index contributed by atoms with van der Waals surface area (Å²) in [6.07, 6.45) is 20.4. The number of nitrogens with two attached hydrogens (primary N) is 1. The standard InChI is InChI=1S/C54H80INO6Si2/c1-40(2)63(41(3)4,42(5)6)62-50-34-33-46(61-64(54(10,11)12,47-27-19-15-20-28-47)48-29-21-16-22-30-48)26-18-14-24-32-52(57)60-51(45(9)37-44(8)35-36-55)38-43(7)25-17-13-23-31-49(50)59-53(58)39-56/h13,15-17,19-22,24-25,27-30,32-37,40-42,45-46,49-51H,14,18,23,26,31,38-39,56H2,1-12H3/b17-13+,32-24+,34-33?,36-35+,43-25-,44-37+/t45-,46+,49+,50?,51-/m1/s1. The summed E-state index contributed by atoms with van der Waals surface area (Å²) in [5.41, 5.74) is 9.06. The van der Waals surface area contributed by atoms with Crippen LogP contribution in [0.2, 0.25) is 21.7 Å². The van der Waals surface area contributed by atoms with Crippen LogP contribution in [0.15, 0.2) is 131 Å². The van der Waals surface area contributed by atoms with Crippen molar-refractivity contribution in [1.29, 1.82) is 0 Å². The number of allylic oxidation sites excluding steroid dienone is 6.